The van der Waals surface area contributed by atoms with E-state index in [1.165, 1.54) is 0 Å². The third kappa shape index (κ3) is 2.18. The van der Waals surface area contributed by atoms with E-state index in [2.05, 4.69) is 18.0 Å². The van der Waals surface area contributed by atoms with Gasteiger partial charge in [-0.25, -0.2) is 9.78 Å². The first-order valence-electron chi connectivity index (χ1n) is 6.99. The molecule has 2 heterocycles. The summed E-state index contributed by atoms with van der Waals surface area (Å²) in [4.78, 5) is 16.5. The van der Waals surface area contributed by atoms with Crippen molar-refractivity contribution in [2.75, 3.05) is 12.4 Å². The zero-order valence-corrected chi connectivity index (χ0v) is 13.2. The Morgan fingerprint density at radius 2 is 2.23 bits per heavy atom. The molecule has 0 N–H and O–H groups in total. The van der Waals surface area contributed by atoms with Gasteiger partial charge in [0.2, 0.25) is 0 Å². The third-order valence-electron chi connectivity index (χ3n) is 3.83. The van der Waals surface area contributed by atoms with Crippen molar-refractivity contribution in [2.24, 2.45) is 0 Å². The molecule has 0 spiro atoms. The lowest BCUT2D eigenvalue weighted by Crippen LogP contribution is -2.33. The second-order valence-electron chi connectivity index (χ2n) is 5.23. The maximum atomic E-state index is 12.1. The molecule has 1 aromatic heterocycles. The van der Waals surface area contributed by atoms with Crippen LogP contribution >= 0.6 is 11.8 Å². The Morgan fingerprint density at radius 1 is 1.50 bits per heavy atom. The highest BCUT2D eigenvalue weighted by atomic mass is 32.2. The number of nitrogens with zero attached hydrogens (tertiary/aromatic N) is 3. The number of ether oxygens (including phenoxy) is 1. The molecule has 2 aromatic rings. The van der Waals surface area contributed by atoms with E-state index in [9.17, 15) is 4.79 Å². The van der Waals surface area contributed by atoms with Crippen LogP contribution in [0.3, 0.4) is 0 Å². The second-order valence-corrected chi connectivity index (χ2v) is 6.18. The first-order valence-corrected chi connectivity index (χ1v) is 7.97. The molecule has 0 aliphatic carbocycles. The molecular weight excluding hydrogens is 298 g/mol. The van der Waals surface area contributed by atoms with Gasteiger partial charge in [0.1, 0.15) is 5.69 Å². The minimum absolute atomic E-state index is 0.333. The Balaban J connectivity index is 2.06. The zero-order chi connectivity index (χ0) is 15.7. The van der Waals surface area contributed by atoms with E-state index in [0.717, 1.165) is 16.5 Å². The molecule has 1 aliphatic heterocycles. The smallest absolute Gasteiger partial charge is 0.356 e. The van der Waals surface area contributed by atoms with Crippen LogP contribution in [0, 0.1) is 11.3 Å². The molecule has 0 bridgehead atoms. The van der Waals surface area contributed by atoms with Gasteiger partial charge in [-0.15, -0.1) is 0 Å². The van der Waals surface area contributed by atoms with Crippen LogP contribution in [0.4, 0.5) is 0 Å². The zero-order valence-electron chi connectivity index (χ0n) is 12.4. The van der Waals surface area contributed by atoms with Gasteiger partial charge in [-0.3, -0.25) is 0 Å². The van der Waals surface area contributed by atoms with Crippen LogP contribution in [-0.4, -0.2) is 27.9 Å². The number of nitriles is 1. The lowest BCUT2D eigenvalue weighted by Gasteiger charge is -2.28. The molecule has 22 heavy (non-hydrogen) atoms. The van der Waals surface area contributed by atoms with Crippen LogP contribution in [-0.2, 0) is 10.3 Å². The molecule has 0 radical (unpaired) electrons. The highest BCUT2D eigenvalue weighted by Gasteiger charge is 2.40. The minimum atomic E-state index is -0.382. The molecule has 0 fully saturated rings. The van der Waals surface area contributed by atoms with Crippen LogP contribution in [0.5, 0.6) is 0 Å². The van der Waals surface area contributed by atoms with Crippen molar-refractivity contribution in [3.63, 3.8) is 0 Å². The minimum Gasteiger partial charge on any atom is -0.461 e. The number of esters is 1. The van der Waals surface area contributed by atoms with Crippen LogP contribution in [0.2, 0.25) is 0 Å². The van der Waals surface area contributed by atoms with Gasteiger partial charge in [-0.05, 0) is 31.5 Å². The summed E-state index contributed by atoms with van der Waals surface area (Å²) >= 11 is 1.62. The van der Waals surface area contributed by atoms with Crippen molar-refractivity contribution >= 4 is 17.7 Å². The van der Waals surface area contributed by atoms with Gasteiger partial charge in [0, 0.05) is 5.75 Å². The third-order valence-corrected chi connectivity index (χ3v) is 5.08. The molecule has 1 aromatic carbocycles. The molecule has 0 saturated heterocycles. The maximum absolute atomic E-state index is 12.1. The van der Waals surface area contributed by atoms with Gasteiger partial charge in [0.25, 0.3) is 0 Å². The first kappa shape index (κ1) is 14.7. The fourth-order valence-electron chi connectivity index (χ4n) is 2.65. The van der Waals surface area contributed by atoms with Gasteiger partial charge in [-0.2, -0.15) is 5.26 Å². The van der Waals surface area contributed by atoms with E-state index >= 15 is 0 Å². The summed E-state index contributed by atoms with van der Waals surface area (Å²) in [5.41, 5.74) is 1.75. The van der Waals surface area contributed by atoms with E-state index < -0.39 is 0 Å². The van der Waals surface area contributed by atoms with Crippen molar-refractivity contribution in [2.45, 2.75) is 24.5 Å². The second kappa shape index (κ2) is 5.50. The Kier molecular flexibility index (Phi) is 3.67. The van der Waals surface area contributed by atoms with E-state index in [0.29, 0.717) is 17.9 Å². The van der Waals surface area contributed by atoms with Crippen molar-refractivity contribution in [1.29, 1.82) is 5.26 Å². The summed E-state index contributed by atoms with van der Waals surface area (Å²) in [5, 5.41) is 9.74. The van der Waals surface area contributed by atoms with E-state index in [1.54, 1.807) is 37.0 Å². The van der Waals surface area contributed by atoms with Crippen LogP contribution in [0.1, 0.15) is 35.5 Å². The average molecular weight is 313 g/mol. The Labute approximate surface area is 132 Å². The summed E-state index contributed by atoms with van der Waals surface area (Å²) in [6.07, 6.45) is 1.57. The molecule has 1 aliphatic rings. The molecule has 112 valence electrons. The summed E-state index contributed by atoms with van der Waals surface area (Å²) in [6, 6.07) is 9.58. The molecule has 1 atom stereocenters. The summed E-state index contributed by atoms with van der Waals surface area (Å²) in [5.74, 6) is 0.428. The van der Waals surface area contributed by atoms with Crippen LogP contribution < -0.4 is 0 Å². The number of thioether (sulfide) groups is 1. The van der Waals surface area contributed by atoms with Crippen LogP contribution in [0.15, 0.2) is 35.6 Å². The summed E-state index contributed by atoms with van der Waals surface area (Å²) < 4.78 is 7.07. The topological polar surface area (TPSA) is 67.9 Å². The number of hydrogen-bond donors (Lipinski definition) is 0. The quantitative estimate of drug-likeness (QED) is 0.815. The van der Waals surface area contributed by atoms with Crippen molar-refractivity contribution < 1.29 is 9.53 Å². The number of hydrogen-bond acceptors (Lipinski definition) is 5. The Bertz CT molecular complexity index is 761. The molecule has 6 heteroatoms. The number of rotatable bonds is 3. The molecule has 5 nitrogen and oxygen atoms in total. The SMILES string of the molecule is CCOC(=O)c1cnc2n1C(C)(c1ccc(C#N)cc1)CS2. The highest BCUT2D eigenvalue weighted by Crippen LogP contribution is 2.42. The van der Waals surface area contributed by atoms with Crippen molar-refractivity contribution in [3.05, 3.63) is 47.3 Å². The largest absolute Gasteiger partial charge is 0.461 e. The first-order chi connectivity index (χ1) is 10.6. The van der Waals surface area contributed by atoms with Gasteiger partial charge < -0.3 is 9.30 Å². The van der Waals surface area contributed by atoms with Gasteiger partial charge in [0.05, 0.1) is 30.0 Å². The fraction of sp³-hybridized carbons (Fsp3) is 0.312. The summed E-state index contributed by atoms with van der Waals surface area (Å²) in [7, 11) is 0. The van der Waals surface area contributed by atoms with Gasteiger partial charge in [0.15, 0.2) is 5.16 Å². The lowest BCUT2D eigenvalue weighted by molar-refractivity contribution is 0.0507. The van der Waals surface area contributed by atoms with E-state index in [-0.39, 0.29) is 11.5 Å². The lowest BCUT2D eigenvalue weighted by atomic mass is 9.92. The van der Waals surface area contributed by atoms with Crippen LogP contribution in [0.25, 0.3) is 0 Å². The molecule has 1 unspecified atom stereocenters. The van der Waals surface area contributed by atoms with Crippen molar-refractivity contribution in [3.8, 4) is 6.07 Å². The molecular formula is C16H15N3O2S. The fourth-order valence-corrected chi connectivity index (χ4v) is 3.91. The number of carbonyl (C=O) groups excluding carboxylic acids is 1. The predicted octanol–water partition coefficient (Wildman–Crippen LogP) is 2.80. The standard InChI is InChI=1S/C16H15N3O2S/c1-3-21-14(20)13-9-18-15-19(13)16(2,10-22-15)12-6-4-11(8-17)5-7-12/h4-7,9H,3,10H2,1-2H3. The highest BCUT2D eigenvalue weighted by molar-refractivity contribution is 7.99. The number of benzene rings is 1. The Morgan fingerprint density at radius 3 is 2.86 bits per heavy atom. The maximum Gasteiger partial charge on any atom is 0.356 e. The van der Waals surface area contributed by atoms with Gasteiger partial charge in [-0.1, -0.05) is 23.9 Å². The molecule has 0 amide bonds. The van der Waals surface area contributed by atoms with Gasteiger partial charge >= 0.3 is 5.97 Å². The number of carbonyl (C=O) groups is 1. The summed E-state index contributed by atoms with van der Waals surface area (Å²) in [6.45, 7) is 4.19. The number of fused-ring (bicyclic) bond motifs is 1. The average Bonchev–Trinajstić information content (AvgIpc) is 3.10. The molecule has 0 saturated carbocycles. The molecule has 3 rings (SSSR count). The number of aromatic nitrogens is 2. The van der Waals surface area contributed by atoms with Crippen molar-refractivity contribution in [1.82, 2.24) is 9.55 Å². The van der Waals surface area contributed by atoms with E-state index in [1.807, 2.05) is 16.7 Å². The number of imidazole rings is 1. The Hall–Kier alpha value is -2.26. The normalized spacial score (nSPS) is 19.5. The predicted molar refractivity (Wildman–Crippen MR) is 82.8 cm³/mol. The monoisotopic (exact) mass is 313 g/mol. The van der Waals surface area contributed by atoms with E-state index in [4.69, 9.17) is 10.00 Å².